The number of hydrogen-bond acceptors (Lipinski definition) is 5. The molecule has 0 fully saturated rings. The van der Waals surface area contributed by atoms with E-state index in [1.807, 2.05) is 55.5 Å². The van der Waals surface area contributed by atoms with Crippen LogP contribution in [-0.2, 0) is 9.53 Å². The first-order valence-corrected chi connectivity index (χ1v) is 10.6. The molecule has 2 amide bonds. The van der Waals surface area contributed by atoms with Crippen molar-refractivity contribution in [1.29, 1.82) is 0 Å². The molecule has 1 atom stereocenters. The molecule has 7 heteroatoms. The van der Waals surface area contributed by atoms with Crippen LogP contribution < -0.4 is 15.4 Å². The van der Waals surface area contributed by atoms with Crippen molar-refractivity contribution in [2.45, 2.75) is 39.2 Å². The second kappa shape index (κ2) is 10.1. The van der Waals surface area contributed by atoms with Crippen molar-refractivity contribution in [2.24, 2.45) is 0 Å². The van der Waals surface area contributed by atoms with Crippen LogP contribution in [0.5, 0.6) is 5.75 Å². The standard InChI is InChI=1S/C25H29N3O4/c1-5-31-21-10-7-17(8-11-21)22(16-27-24(30)32-25(2,3)4)23(29)28-20-9-6-19-15-26-13-12-18(19)14-20/h6-15,22H,5,16H2,1-4H3,(H,27,30)(H,28,29). The molecule has 168 valence electrons. The predicted molar refractivity (Wildman–Crippen MR) is 125 cm³/mol. The number of aromatic nitrogens is 1. The van der Waals surface area contributed by atoms with Crippen LogP contribution in [0.25, 0.3) is 10.8 Å². The number of anilines is 1. The van der Waals surface area contributed by atoms with Gasteiger partial charge in [0.2, 0.25) is 5.91 Å². The summed E-state index contributed by atoms with van der Waals surface area (Å²) >= 11 is 0. The SMILES string of the molecule is CCOc1ccc(C(CNC(=O)OC(C)(C)C)C(=O)Nc2ccc3cnccc3c2)cc1. The van der Waals surface area contributed by atoms with Gasteiger partial charge in [-0.15, -0.1) is 0 Å². The molecular weight excluding hydrogens is 406 g/mol. The molecule has 0 radical (unpaired) electrons. The Hall–Kier alpha value is -3.61. The number of benzene rings is 2. The average molecular weight is 436 g/mol. The molecule has 0 spiro atoms. The fourth-order valence-corrected chi connectivity index (χ4v) is 3.21. The van der Waals surface area contributed by atoms with Gasteiger partial charge >= 0.3 is 6.09 Å². The Bertz CT molecular complexity index is 1070. The Morgan fingerprint density at radius 1 is 1.03 bits per heavy atom. The summed E-state index contributed by atoms with van der Waals surface area (Å²) in [6.45, 7) is 7.93. The molecular formula is C25H29N3O4. The van der Waals surface area contributed by atoms with Crippen LogP contribution in [0.15, 0.2) is 60.9 Å². The van der Waals surface area contributed by atoms with Crippen molar-refractivity contribution in [3.63, 3.8) is 0 Å². The fraction of sp³-hybridized carbons (Fsp3) is 0.320. The second-order valence-corrected chi connectivity index (χ2v) is 8.36. The molecule has 32 heavy (non-hydrogen) atoms. The van der Waals surface area contributed by atoms with E-state index in [9.17, 15) is 9.59 Å². The quantitative estimate of drug-likeness (QED) is 0.552. The molecule has 1 heterocycles. The highest BCUT2D eigenvalue weighted by Crippen LogP contribution is 2.23. The molecule has 1 aromatic heterocycles. The first kappa shape index (κ1) is 23.1. The first-order chi connectivity index (χ1) is 15.2. The number of nitrogens with zero attached hydrogens (tertiary/aromatic N) is 1. The molecule has 3 aromatic rings. The zero-order chi connectivity index (χ0) is 23.1. The van der Waals surface area contributed by atoms with E-state index in [0.717, 1.165) is 22.1 Å². The normalized spacial score (nSPS) is 12.1. The first-order valence-electron chi connectivity index (χ1n) is 10.6. The number of hydrogen-bond donors (Lipinski definition) is 2. The third-order valence-corrected chi connectivity index (χ3v) is 4.67. The summed E-state index contributed by atoms with van der Waals surface area (Å²) in [6, 6.07) is 14.8. The molecule has 1 unspecified atom stereocenters. The molecule has 7 nitrogen and oxygen atoms in total. The number of alkyl carbamates (subject to hydrolysis) is 1. The molecule has 2 N–H and O–H groups in total. The van der Waals surface area contributed by atoms with Gasteiger partial charge in [0, 0.05) is 30.0 Å². The maximum absolute atomic E-state index is 13.2. The fourth-order valence-electron chi connectivity index (χ4n) is 3.21. The van der Waals surface area contributed by atoms with Crippen LogP contribution in [0.4, 0.5) is 10.5 Å². The molecule has 3 rings (SSSR count). The Morgan fingerprint density at radius 3 is 2.47 bits per heavy atom. The Balaban J connectivity index is 1.79. The summed E-state index contributed by atoms with van der Waals surface area (Å²) in [5.41, 5.74) is 0.801. The highest BCUT2D eigenvalue weighted by molar-refractivity contribution is 5.98. The van der Waals surface area contributed by atoms with Crippen molar-refractivity contribution >= 4 is 28.5 Å². The summed E-state index contributed by atoms with van der Waals surface area (Å²) < 4.78 is 10.8. The average Bonchev–Trinajstić information content (AvgIpc) is 2.74. The zero-order valence-corrected chi connectivity index (χ0v) is 18.8. The highest BCUT2D eigenvalue weighted by atomic mass is 16.6. The molecule has 0 bridgehead atoms. The van der Waals surface area contributed by atoms with Crippen LogP contribution in [-0.4, -0.2) is 35.7 Å². The van der Waals surface area contributed by atoms with Gasteiger partial charge < -0.3 is 20.1 Å². The van der Waals surface area contributed by atoms with E-state index < -0.39 is 17.6 Å². The lowest BCUT2D eigenvalue weighted by atomic mass is 9.97. The van der Waals surface area contributed by atoms with Crippen LogP contribution in [0, 0.1) is 0 Å². The van der Waals surface area contributed by atoms with Crippen LogP contribution in [0.3, 0.4) is 0 Å². The molecule has 0 aliphatic heterocycles. The van der Waals surface area contributed by atoms with Gasteiger partial charge in [0.1, 0.15) is 11.4 Å². The minimum atomic E-state index is -0.624. The maximum atomic E-state index is 13.2. The molecule has 0 aliphatic carbocycles. The van der Waals surface area contributed by atoms with E-state index in [1.165, 1.54) is 0 Å². The van der Waals surface area contributed by atoms with Crippen molar-refractivity contribution in [3.8, 4) is 5.75 Å². The summed E-state index contributed by atoms with van der Waals surface area (Å²) in [7, 11) is 0. The van der Waals surface area contributed by atoms with Gasteiger partial charge in [0.05, 0.1) is 12.5 Å². The molecule has 0 saturated carbocycles. The molecule has 2 aromatic carbocycles. The maximum Gasteiger partial charge on any atom is 0.407 e. The van der Waals surface area contributed by atoms with E-state index in [0.29, 0.717) is 12.3 Å². The minimum Gasteiger partial charge on any atom is -0.494 e. The minimum absolute atomic E-state index is 0.0895. The van der Waals surface area contributed by atoms with E-state index >= 15 is 0 Å². The number of rotatable bonds is 7. The number of fused-ring (bicyclic) bond motifs is 1. The van der Waals surface area contributed by atoms with Gasteiger partial charge in [-0.2, -0.15) is 0 Å². The number of nitrogens with one attached hydrogen (secondary N) is 2. The van der Waals surface area contributed by atoms with Gasteiger partial charge in [-0.1, -0.05) is 18.2 Å². The topological polar surface area (TPSA) is 89.5 Å². The Labute approximate surface area is 188 Å². The van der Waals surface area contributed by atoms with Crippen molar-refractivity contribution in [2.75, 3.05) is 18.5 Å². The zero-order valence-electron chi connectivity index (χ0n) is 18.8. The lowest BCUT2D eigenvalue weighted by Crippen LogP contribution is -2.37. The van der Waals surface area contributed by atoms with E-state index in [4.69, 9.17) is 9.47 Å². The third-order valence-electron chi connectivity index (χ3n) is 4.67. The number of ether oxygens (including phenoxy) is 2. The molecule has 0 aliphatic rings. The number of carbonyl (C=O) groups excluding carboxylic acids is 2. The van der Waals surface area contributed by atoms with E-state index in [-0.39, 0.29) is 12.5 Å². The lowest BCUT2D eigenvalue weighted by molar-refractivity contribution is -0.117. The van der Waals surface area contributed by atoms with Crippen LogP contribution >= 0.6 is 0 Å². The van der Waals surface area contributed by atoms with Crippen molar-refractivity contribution in [3.05, 3.63) is 66.5 Å². The van der Waals surface area contributed by atoms with E-state index in [2.05, 4.69) is 15.6 Å². The lowest BCUT2D eigenvalue weighted by Gasteiger charge is -2.22. The van der Waals surface area contributed by atoms with Gasteiger partial charge in [-0.25, -0.2) is 4.79 Å². The Morgan fingerprint density at radius 2 is 1.78 bits per heavy atom. The van der Waals surface area contributed by atoms with Crippen molar-refractivity contribution in [1.82, 2.24) is 10.3 Å². The van der Waals surface area contributed by atoms with Gasteiger partial charge in [-0.05, 0) is 69.0 Å². The van der Waals surface area contributed by atoms with Gasteiger partial charge in [0.15, 0.2) is 0 Å². The highest BCUT2D eigenvalue weighted by Gasteiger charge is 2.24. The summed E-state index contributed by atoms with van der Waals surface area (Å²) in [5.74, 6) is -0.136. The predicted octanol–water partition coefficient (Wildman–Crippen LogP) is 4.88. The summed E-state index contributed by atoms with van der Waals surface area (Å²) in [6.07, 6.45) is 2.91. The number of amides is 2. The third kappa shape index (κ3) is 6.44. The number of pyridine rings is 1. The van der Waals surface area contributed by atoms with Gasteiger partial charge in [0.25, 0.3) is 0 Å². The summed E-state index contributed by atoms with van der Waals surface area (Å²) in [4.78, 5) is 29.5. The molecule has 0 saturated heterocycles. The summed E-state index contributed by atoms with van der Waals surface area (Å²) in [5, 5.41) is 7.63. The van der Waals surface area contributed by atoms with Crippen LogP contribution in [0.2, 0.25) is 0 Å². The largest absolute Gasteiger partial charge is 0.494 e. The monoisotopic (exact) mass is 435 g/mol. The van der Waals surface area contributed by atoms with Crippen molar-refractivity contribution < 1.29 is 19.1 Å². The second-order valence-electron chi connectivity index (χ2n) is 8.36. The van der Waals surface area contributed by atoms with Crippen LogP contribution in [0.1, 0.15) is 39.2 Å². The number of carbonyl (C=O) groups is 2. The van der Waals surface area contributed by atoms with E-state index in [1.54, 1.807) is 33.2 Å². The smallest absolute Gasteiger partial charge is 0.407 e. The van der Waals surface area contributed by atoms with Gasteiger partial charge in [-0.3, -0.25) is 9.78 Å². The Kier molecular flexibility index (Phi) is 7.30.